The summed E-state index contributed by atoms with van der Waals surface area (Å²) in [5.74, 6) is 1.16. The van der Waals surface area contributed by atoms with E-state index in [1.54, 1.807) is 11.3 Å². The van der Waals surface area contributed by atoms with E-state index in [1.807, 2.05) is 17.5 Å². The van der Waals surface area contributed by atoms with Crippen molar-refractivity contribution in [1.29, 1.82) is 0 Å². The Bertz CT molecular complexity index is 576. The summed E-state index contributed by atoms with van der Waals surface area (Å²) in [4.78, 5) is 17.2. The predicted molar refractivity (Wildman–Crippen MR) is 80.0 cm³/mol. The van der Waals surface area contributed by atoms with Gasteiger partial charge in [-0.05, 0) is 37.4 Å². The Morgan fingerprint density at radius 3 is 3.10 bits per heavy atom. The van der Waals surface area contributed by atoms with Crippen LogP contribution in [-0.2, 0) is 11.2 Å². The molecule has 0 spiro atoms. The maximum atomic E-state index is 11.9. The lowest BCUT2D eigenvalue weighted by Crippen LogP contribution is -2.42. The third kappa shape index (κ3) is 3.89. The Balaban J connectivity index is 1.47. The van der Waals surface area contributed by atoms with E-state index in [0.717, 1.165) is 30.8 Å². The molecular weight excluding hydrogens is 288 g/mol. The van der Waals surface area contributed by atoms with Gasteiger partial charge < -0.3 is 15.2 Å². The number of nitrogens with one attached hydrogen (secondary N) is 2. The molecular formula is C14H18N4O2S. The van der Waals surface area contributed by atoms with E-state index in [-0.39, 0.29) is 5.91 Å². The molecule has 0 radical (unpaired) electrons. The Labute approximate surface area is 126 Å². The van der Waals surface area contributed by atoms with E-state index >= 15 is 0 Å². The smallest absolute Gasteiger partial charge is 0.227 e. The molecule has 0 unspecified atom stereocenters. The molecule has 0 aliphatic carbocycles. The van der Waals surface area contributed by atoms with Crippen molar-refractivity contribution in [2.45, 2.75) is 31.7 Å². The quantitative estimate of drug-likeness (QED) is 0.877. The van der Waals surface area contributed by atoms with Crippen LogP contribution in [-0.4, -0.2) is 35.2 Å². The Morgan fingerprint density at radius 1 is 1.48 bits per heavy atom. The fourth-order valence-corrected chi connectivity index (χ4v) is 3.00. The maximum absolute atomic E-state index is 11.9. The summed E-state index contributed by atoms with van der Waals surface area (Å²) < 4.78 is 5.18. The molecule has 2 N–H and O–H groups in total. The molecule has 21 heavy (non-hydrogen) atoms. The van der Waals surface area contributed by atoms with Crippen LogP contribution in [0.1, 0.15) is 25.2 Å². The summed E-state index contributed by atoms with van der Waals surface area (Å²) in [5.41, 5.74) is 0. The van der Waals surface area contributed by atoms with Gasteiger partial charge >= 0.3 is 0 Å². The molecule has 3 rings (SSSR count). The van der Waals surface area contributed by atoms with Crippen LogP contribution in [0.25, 0.3) is 10.7 Å². The lowest BCUT2D eigenvalue weighted by molar-refractivity contribution is -0.122. The second-order valence-corrected chi connectivity index (χ2v) is 6.03. The van der Waals surface area contributed by atoms with Crippen LogP contribution in [0.3, 0.4) is 0 Å². The molecule has 112 valence electrons. The van der Waals surface area contributed by atoms with Crippen LogP contribution in [0.4, 0.5) is 0 Å². The number of hydrogen-bond acceptors (Lipinski definition) is 6. The molecule has 1 amide bonds. The van der Waals surface area contributed by atoms with Crippen LogP contribution in [0.15, 0.2) is 22.0 Å². The van der Waals surface area contributed by atoms with E-state index in [4.69, 9.17) is 4.52 Å². The van der Waals surface area contributed by atoms with Gasteiger partial charge in [0.2, 0.25) is 17.6 Å². The van der Waals surface area contributed by atoms with Gasteiger partial charge in [-0.3, -0.25) is 4.79 Å². The first-order valence-corrected chi connectivity index (χ1v) is 8.06. The topological polar surface area (TPSA) is 80.0 Å². The minimum atomic E-state index is 0.0535. The van der Waals surface area contributed by atoms with Crippen LogP contribution in [0, 0.1) is 0 Å². The molecule has 0 bridgehead atoms. The lowest BCUT2D eigenvalue weighted by Gasteiger charge is -2.23. The van der Waals surface area contributed by atoms with Gasteiger partial charge in [0.25, 0.3) is 0 Å². The third-order valence-corrected chi connectivity index (χ3v) is 4.35. The monoisotopic (exact) mass is 306 g/mol. The van der Waals surface area contributed by atoms with Crippen molar-refractivity contribution in [3.63, 3.8) is 0 Å². The molecule has 1 aliphatic rings. The molecule has 1 aliphatic heterocycles. The highest BCUT2D eigenvalue weighted by molar-refractivity contribution is 7.13. The second kappa shape index (κ2) is 6.82. The number of nitrogens with zero attached hydrogens (tertiary/aromatic N) is 2. The average Bonchev–Trinajstić information content (AvgIpc) is 3.17. The number of rotatable bonds is 5. The van der Waals surface area contributed by atoms with E-state index < -0.39 is 0 Å². The molecule has 1 saturated heterocycles. The standard InChI is InChI=1S/C14H18N4O2S/c19-12(16-10-5-7-15-8-6-10)3-4-13-17-14(18-20-13)11-2-1-9-21-11/h1-2,9-10,15H,3-8H2,(H,16,19). The van der Waals surface area contributed by atoms with E-state index in [1.165, 1.54) is 0 Å². The molecule has 0 saturated carbocycles. The molecule has 0 aromatic carbocycles. The summed E-state index contributed by atoms with van der Waals surface area (Å²) in [6, 6.07) is 4.19. The third-order valence-electron chi connectivity index (χ3n) is 3.48. The van der Waals surface area contributed by atoms with Gasteiger partial charge in [-0.25, -0.2) is 0 Å². The zero-order chi connectivity index (χ0) is 14.5. The van der Waals surface area contributed by atoms with Gasteiger partial charge in [0, 0.05) is 18.9 Å². The molecule has 7 heteroatoms. The Kier molecular flexibility index (Phi) is 4.62. The highest BCUT2D eigenvalue weighted by Crippen LogP contribution is 2.21. The minimum absolute atomic E-state index is 0.0535. The van der Waals surface area contributed by atoms with Gasteiger partial charge in [0.1, 0.15) is 0 Å². The van der Waals surface area contributed by atoms with Gasteiger partial charge in [0.15, 0.2) is 0 Å². The minimum Gasteiger partial charge on any atom is -0.353 e. The summed E-state index contributed by atoms with van der Waals surface area (Å²) in [6.07, 6.45) is 2.86. The number of carbonyl (C=O) groups is 1. The summed E-state index contributed by atoms with van der Waals surface area (Å²) in [5, 5.41) is 12.2. The zero-order valence-electron chi connectivity index (χ0n) is 11.7. The SMILES string of the molecule is O=C(CCc1nc(-c2cccs2)no1)NC1CCNCC1. The van der Waals surface area contributed by atoms with Crippen LogP contribution < -0.4 is 10.6 Å². The first kappa shape index (κ1) is 14.2. The van der Waals surface area contributed by atoms with Crippen molar-refractivity contribution in [1.82, 2.24) is 20.8 Å². The van der Waals surface area contributed by atoms with Crippen molar-refractivity contribution < 1.29 is 9.32 Å². The van der Waals surface area contributed by atoms with Crippen molar-refractivity contribution in [2.75, 3.05) is 13.1 Å². The highest BCUT2D eigenvalue weighted by Gasteiger charge is 2.16. The summed E-state index contributed by atoms with van der Waals surface area (Å²) in [6.45, 7) is 1.94. The van der Waals surface area contributed by atoms with Crippen molar-refractivity contribution in [3.05, 3.63) is 23.4 Å². The fraction of sp³-hybridized carbons (Fsp3) is 0.500. The first-order valence-electron chi connectivity index (χ1n) is 7.18. The van der Waals surface area contributed by atoms with Crippen LogP contribution in [0.5, 0.6) is 0 Å². The molecule has 3 heterocycles. The number of carbonyl (C=O) groups excluding carboxylic acids is 1. The van der Waals surface area contributed by atoms with Gasteiger partial charge in [-0.15, -0.1) is 11.3 Å². The van der Waals surface area contributed by atoms with E-state index in [9.17, 15) is 4.79 Å². The Hall–Kier alpha value is -1.73. The average molecular weight is 306 g/mol. The van der Waals surface area contributed by atoms with Crippen molar-refractivity contribution >= 4 is 17.2 Å². The predicted octanol–water partition coefficient (Wildman–Crippen LogP) is 1.60. The molecule has 2 aromatic heterocycles. The summed E-state index contributed by atoms with van der Waals surface area (Å²) >= 11 is 1.57. The molecule has 6 nitrogen and oxygen atoms in total. The van der Waals surface area contributed by atoms with E-state index in [2.05, 4.69) is 20.8 Å². The van der Waals surface area contributed by atoms with Gasteiger partial charge in [-0.1, -0.05) is 11.2 Å². The summed E-state index contributed by atoms with van der Waals surface area (Å²) in [7, 11) is 0. The van der Waals surface area contributed by atoms with Gasteiger partial charge in [0.05, 0.1) is 4.88 Å². The van der Waals surface area contributed by atoms with Crippen molar-refractivity contribution in [3.8, 4) is 10.7 Å². The van der Waals surface area contributed by atoms with E-state index in [0.29, 0.717) is 30.6 Å². The van der Waals surface area contributed by atoms with Crippen LogP contribution in [0.2, 0.25) is 0 Å². The fourth-order valence-electron chi connectivity index (χ4n) is 2.35. The highest BCUT2D eigenvalue weighted by atomic mass is 32.1. The first-order chi connectivity index (χ1) is 10.3. The van der Waals surface area contributed by atoms with Crippen molar-refractivity contribution in [2.24, 2.45) is 0 Å². The number of thiophene rings is 1. The van der Waals surface area contributed by atoms with Crippen LogP contribution >= 0.6 is 11.3 Å². The number of aryl methyl sites for hydroxylation is 1. The number of amides is 1. The number of hydrogen-bond donors (Lipinski definition) is 2. The lowest BCUT2D eigenvalue weighted by atomic mass is 10.1. The maximum Gasteiger partial charge on any atom is 0.227 e. The molecule has 0 atom stereocenters. The molecule has 1 fully saturated rings. The molecule has 2 aromatic rings. The Morgan fingerprint density at radius 2 is 2.33 bits per heavy atom. The normalized spacial score (nSPS) is 16.0. The number of aromatic nitrogens is 2. The van der Waals surface area contributed by atoms with Gasteiger partial charge in [-0.2, -0.15) is 4.98 Å². The zero-order valence-corrected chi connectivity index (χ0v) is 12.5. The second-order valence-electron chi connectivity index (χ2n) is 5.08. The largest absolute Gasteiger partial charge is 0.353 e. The number of piperidine rings is 1.